The van der Waals surface area contributed by atoms with Crippen molar-refractivity contribution in [2.24, 2.45) is 0 Å². The van der Waals surface area contributed by atoms with Gasteiger partial charge >= 0.3 is 0 Å². The van der Waals surface area contributed by atoms with Crippen molar-refractivity contribution in [3.63, 3.8) is 0 Å². The first-order valence-electron chi connectivity index (χ1n) is 5.70. The molecule has 0 bridgehead atoms. The Morgan fingerprint density at radius 1 is 1.11 bits per heavy atom. The quantitative estimate of drug-likeness (QED) is 0.831. The van der Waals surface area contributed by atoms with E-state index < -0.39 is 0 Å². The fourth-order valence-corrected chi connectivity index (χ4v) is 1.55. The topological polar surface area (TPSA) is 42.0 Å². The van der Waals surface area contributed by atoms with E-state index in [2.05, 4.69) is 16.9 Å². The summed E-state index contributed by atoms with van der Waals surface area (Å²) in [5.41, 5.74) is 2.12. The average Bonchev–Trinajstić information content (AvgIpc) is 2.46. The predicted octanol–water partition coefficient (Wildman–Crippen LogP) is 2.41. The van der Waals surface area contributed by atoms with E-state index in [1.165, 1.54) is 0 Å². The Labute approximate surface area is 106 Å². The summed E-state index contributed by atoms with van der Waals surface area (Å²) in [6.45, 7) is 4.21. The minimum Gasteiger partial charge on any atom is -0.346 e. The minimum absolute atomic E-state index is 0.174. The normalized spacial score (nSPS) is 9.78. The van der Waals surface area contributed by atoms with Crippen molar-refractivity contribution in [2.45, 2.75) is 6.54 Å². The number of nitrogens with zero attached hydrogens (tertiary/aromatic N) is 1. The fraction of sp³-hybridized carbons (Fsp3) is 0.0667. The van der Waals surface area contributed by atoms with Gasteiger partial charge in [-0.05, 0) is 17.7 Å². The second-order valence-corrected chi connectivity index (χ2v) is 3.85. The van der Waals surface area contributed by atoms with E-state index in [1.54, 1.807) is 6.20 Å². The van der Waals surface area contributed by atoms with Gasteiger partial charge in [0.25, 0.3) is 5.91 Å². The van der Waals surface area contributed by atoms with E-state index in [0.717, 1.165) is 11.3 Å². The summed E-state index contributed by atoms with van der Waals surface area (Å²) in [5, 5.41) is 2.80. The zero-order chi connectivity index (χ0) is 12.8. The lowest BCUT2D eigenvalue weighted by atomic mass is 10.1. The number of amides is 1. The van der Waals surface area contributed by atoms with Crippen molar-refractivity contribution < 1.29 is 4.79 Å². The Morgan fingerprint density at radius 3 is 2.50 bits per heavy atom. The van der Waals surface area contributed by atoms with Gasteiger partial charge in [0.15, 0.2) is 0 Å². The lowest BCUT2D eigenvalue weighted by Crippen LogP contribution is -2.23. The zero-order valence-electron chi connectivity index (χ0n) is 9.97. The Balaban J connectivity index is 1.95. The first-order valence-corrected chi connectivity index (χ1v) is 5.70. The van der Waals surface area contributed by atoms with Crippen molar-refractivity contribution in [3.05, 3.63) is 72.6 Å². The SMILES string of the molecule is C=C(C(=O)NCc1ccccn1)c1ccccc1. The van der Waals surface area contributed by atoms with Gasteiger partial charge in [-0.25, -0.2) is 0 Å². The number of hydrogen-bond acceptors (Lipinski definition) is 2. The van der Waals surface area contributed by atoms with Gasteiger partial charge in [-0.1, -0.05) is 43.0 Å². The summed E-state index contributed by atoms with van der Waals surface area (Å²) < 4.78 is 0. The molecule has 1 heterocycles. The van der Waals surface area contributed by atoms with Gasteiger partial charge in [0.1, 0.15) is 0 Å². The van der Waals surface area contributed by atoms with Crippen molar-refractivity contribution in [1.29, 1.82) is 0 Å². The molecule has 1 aromatic heterocycles. The molecule has 2 aromatic rings. The lowest BCUT2D eigenvalue weighted by molar-refractivity contribution is -0.115. The van der Waals surface area contributed by atoms with Crippen LogP contribution >= 0.6 is 0 Å². The third-order valence-electron chi connectivity index (χ3n) is 2.55. The summed E-state index contributed by atoms with van der Waals surface area (Å²) in [4.78, 5) is 16.0. The van der Waals surface area contributed by atoms with Crippen LogP contribution in [0.1, 0.15) is 11.3 Å². The molecule has 1 aromatic carbocycles. The molecular weight excluding hydrogens is 224 g/mol. The molecule has 3 nitrogen and oxygen atoms in total. The molecule has 18 heavy (non-hydrogen) atoms. The Kier molecular flexibility index (Phi) is 3.86. The number of hydrogen-bond donors (Lipinski definition) is 1. The Morgan fingerprint density at radius 2 is 1.83 bits per heavy atom. The maximum absolute atomic E-state index is 11.9. The number of benzene rings is 1. The molecule has 90 valence electrons. The van der Waals surface area contributed by atoms with Gasteiger partial charge in [0.05, 0.1) is 12.2 Å². The van der Waals surface area contributed by atoms with Crippen LogP contribution in [0.3, 0.4) is 0 Å². The lowest BCUT2D eigenvalue weighted by Gasteiger charge is -2.07. The van der Waals surface area contributed by atoms with E-state index in [9.17, 15) is 4.79 Å². The highest BCUT2D eigenvalue weighted by Gasteiger charge is 2.08. The second-order valence-electron chi connectivity index (χ2n) is 3.85. The van der Waals surface area contributed by atoms with Crippen LogP contribution in [0.2, 0.25) is 0 Å². The Hall–Kier alpha value is -2.42. The molecule has 3 heteroatoms. The molecule has 2 rings (SSSR count). The molecule has 1 amide bonds. The largest absolute Gasteiger partial charge is 0.346 e. The molecule has 1 N–H and O–H groups in total. The molecule has 0 unspecified atom stereocenters. The molecular formula is C15H14N2O. The van der Waals surface area contributed by atoms with Crippen molar-refractivity contribution in [2.75, 3.05) is 0 Å². The minimum atomic E-state index is -0.174. The van der Waals surface area contributed by atoms with Gasteiger partial charge in [0.2, 0.25) is 0 Å². The van der Waals surface area contributed by atoms with Crippen LogP contribution in [0.4, 0.5) is 0 Å². The third-order valence-corrected chi connectivity index (χ3v) is 2.55. The predicted molar refractivity (Wildman–Crippen MR) is 71.6 cm³/mol. The van der Waals surface area contributed by atoms with E-state index in [0.29, 0.717) is 12.1 Å². The van der Waals surface area contributed by atoms with Gasteiger partial charge in [-0.15, -0.1) is 0 Å². The van der Waals surface area contributed by atoms with Gasteiger partial charge in [0, 0.05) is 11.8 Å². The first kappa shape index (κ1) is 12.0. The monoisotopic (exact) mass is 238 g/mol. The van der Waals surface area contributed by atoms with Crippen molar-refractivity contribution in [3.8, 4) is 0 Å². The fourth-order valence-electron chi connectivity index (χ4n) is 1.55. The highest BCUT2D eigenvalue weighted by atomic mass is 16.1. The number of carbonyl (C=O) groups is 1. The van der Waals surface area contributed by atoms with Crippen LogP contribution in [0.15, 0.2) is 61.3 Å². The molecule has 0 fully saturated rings. The summed E-state index contributed by atoms with van der Waals surface area (Å²) in [7, 11) is 0. The zero-order valence-corrected chi connectivity index (χ0v) is 9.97. The molecule has 0 spiro atoms. The van der Waals surface area contributed by atoms with E-state index in [4.69, 9.17) is 0 Å². The number of aromatic nitrogens is 1. The van der Waals surface area contributed by atoms with Crippen LogP contribution in [0.25, 0.3) is 5.57 Å². The molecule has 0 radical (unpaired) electrons. The average molecular weight is 238 g/mol. The smallest absolute Gasteiger partial charge is 0.251 e. The van der Waals surface area contributed by atoms with Crippen LogP contribution < -0.4 is 5.32 Å². The molecule has 0 aliphatic rings. The Bertz CT molecular complexity index is 535. The summed E-state index contributed by atoms with van der Waals surface area (Å²) >= 11 is 0. The summed E-state index contributed by atoms with van der Waals surface area (Å²) in [6, 6.07) is 15.0. The third kappa shape index (κ3) is 3.04. The molecule has 0 saturated carbocycles. The number of carbonyl (C=O) groups excluding carboxylic acids is 1. The second kappa shape index (κ2) is 5.77. The van der Waals surface area contributed by atoms with Gasteiger partial charge in [-0.3, -0.25) is 9.78 Å². The number of rotatable bonds is 4. The highest BCUT2D eigenvalue weighted by Crippen LogP contribution is 2.11. The molecule has 0 saturated heterocycles. The number of pyridine rings is 1. The first-order chi connectivity index (χ1) is 8.77. The van der Waals surface area contributed by atoms with Crippen molar-refractivity contribution >= 4 is 11.5 Å². The maximum atomic E-state index is 11.9. The summed E-state index contributed by atoms with van der Waals surface area (Å²) in [6.07, 6.45) is 1.70. The number of nitrogens with one attached hydrogen (secondary N) is 1. The van der Waals surface area contributed by atoms with Crippen LogP contribution in [0, 0.1) is 0 Å². The molecule has 0 aliphatic carbocycles. The van der Waals surface area contributed by atoms with Crippen LogP contribution in [-0.4, -0.2) is 10.9 Å². The van der Waals surface area contributed by atoms with Crippen LogP contribution in [0.5, 0.6) is 0 Å². The van der Waals surface area contributed by atoms with Crippen molar-refractivity contribution in [1.82, 2.24) is 10.3 Å². The van der Waals surface area contributed by atoms with Crippen LogP contribution in [-0.2, 0) is 11.3 Å². The molecule has 0 aliphatic heterocycles. The standard InChI is InChI=1S/C15H14N2O/c1-12(13-7-3-2-4-8-13)15(18)17-11-14-9-5-6-10-16-14/h2-10H,1,11H2,(H,17,18). The van der Waals surface area contributed by atoms with Gasteiger partial charge < -0.3 is 5.32 Å². The molecule has 0 atom stereocenters. The highest BCUT2D eigenvalue weighted by molar-refractivity contribution is 6.18. The van der Waals surface area contributed by atoms with Gasteiger partial charge in [-0.2, -0.15) is 0 Å². The maximum Gasteiger partial charge on any atom is 0.251 e. The van der Waals surface area contributed by atoms with E-state index in [-0.39, 0.29) is 5.91 Å². The van der Waals surface area contributed by atoms with E-state index >= 15 is 0 Å². The summed E-state index contributed by atoms with van der Waals surface area (Å²) in [5.74, 6) is -0.174. The van der Waals surface area contributed by atoms with E-state index in [1.807, 2.05) is 48.5 Å².